The van der Waals surface area contributed by atoms with E-state index in [2.05, 4.69) is 17.4 Å². The van der Waals surface area contributed by atoms with Gasteiger partial charge >= 0.3 is 0 Å². The van der Waals surface area contributed by atoms with Crippen molar-refractivity contribution in [1.82, 2.24) is 5.32 Å². The monoisotopic (exact) mass is 263 g/mol. The highest BCUT2D eigenvalue weighted by Crippen LogP contribution is 2.43. The second-order valence-corrected chi connectivity index (χ2v) is 6.24. The Morgan fingerprint density at radius 1 is 1.06 bits per heavy atom. The van der Waals surface area contributed by atoms with Crippen LogP contribution in [-0.2, 0) is 0 Å². The minimum Gasteiger partial charge on any atom is -0.316 e. The number of piperidine rings is 1. The normalized spacial score (nSPS) is 29.6. The van der Waals surface area contributed by atoms with Crippen molar-refractivity contribution < 1.29 is 0 Å². The molecule has 2 heteroatoms. The predicted octanol–water partition coefficient (Wildman–Crippen LogP) is 4.22. The van der Waals surface area contributed by atoms with Gasteiger partial charge in [0.15, 0.2) is 0 Å². The molecule has 1 aromatic rings. The lowest BCUT2D eigenvalue weighted by Crippen LogP contribution is -2.38. The van der Waals surface area contributed by atoms with Crippen LogP contribution in [0, 0.1) is 11.8 Å². The molecule has 0 spiro atoms. The molecule has 0 aromatic heterocycles. The van der Waals surface area contributed by atoms with Gasteiger partial charge in [-0.2, -0.15) is 0 Å². The Hall–Kier alpha value is -0.530. The molecular weight excluding hydrogens is 242 g/mol. The van der Waals surface area contributed by atoms with E-state index in [1.165, 1.54) is 44.2 Å². The Morgan fingerprint density at radius 3 is 2.61 bits per heavy atom. The van der Waals surface area contributed by atoms with E-state index in [0.717, 1.165) is 23.4 Å². The Bertz CT molecular complexity index is 398. The molecule has 1 heterocycles. The molecule has 18 heavy (non-hydrogen) atoms. The molecule has 2 aliphatic rings. The molecule has 0 radical (unpaired) electrons. The molecule has 2 unspecified atom stereocenters. The van der Waals surface area contributed by atoms with Crippen LogP contribution in [0.5, 0.6) is 0 Å². The first kappa shape index (κ1) is 12.5. The zero-order valence-corrected chi connectivity index (χ0v) is 11.6. The van der Waals surface area contributed by atoms with Crippen molar-refractivity contribution in [3.8, 4) is 0 Å². The molecule has 1 aromatic carbocycles. The highest BCUT2D eigenvalue weighted by atomic mass is 35.5. The van der Waals surface area contributed by atoms with E-state index < -0.39 is 0 Å². The number of hydrogen-bond donors (Lipinski definition) is 1. The van der Waals surface area contributed by atoms with Crippen LogP contribution >= 0.6 is 11.6 Å². The predicted molar refractivity (Wildman–Crippen MR) is 77.1 cm³/mol. The van der Waals surface area contributed by atoms with Gasteiger partial charge < -0.3 is 5.32 Å². The van der Waals surface area contributed by atoms with Gasteiger partial charge in [-0.25, -0.2) is 0 Å². The minimum atomic E-state index is 0.621. The van der Waals surface area contributed by atoms with Crippen LogP contribution in [0.15, 0.2) is 24.3 Å². The number of nitrogens with one attached hydrogen (secondary N) is 1. The van der Waals surface area contributed by atoms with Crippen LogP contribution in [0.1, 0.15) is 43.6 Å². The van der Waals surface area contributed by atoms with Crippen LogP contribution in [0.3, 0.4) is 0 Å². The van der Waals surface area contributed by atoms with Crippen molar-refractivity contribution in [3.05, 3.63) is 34.9 Å². The lowest BCUT2D eigenvalue weighted by Gasteiger charge is -2.37. The number of hydrogen-bond acceptors (Lipinski definition) is 1. The first-order chi connectivity index (χ1) is 8.86. The van der Waals surface area contributed by atoms with Crippen molar-refractivity contribution in [1.29, 1.82) is 0 Å². The van der Waals surface area contributed by atoms with E-state index in [-0.39, 0.29) is 0 Å². The molecule has 1 nitrogen and oxygen atoms in total. The maximum atomic E-state index is 6.40. The number of rotatable bonds is 2. The lowest BCUT2D eigenvalue weighted by atomic mass is 9.73. The summed E-state index contributed by atoms with van der Waals surface area (Å²) in [6, 6.07) is 8.42. The standard InChI is InChI=1S/C16H22ClN/c17-16-8-4-3-7-14(16)15-11-18-10-9-13(15)12-5-1-2-6-12/h3-4,7-8,12-13,15,18H,1-2,5-6,9-11H2. The maximum Gasteiger partial charge on any atom is 0.0441 e. The summed E-state index contributed by atoms with van der Waals surface area (Å²) < 4.78 is 0. The van der Waals surface area contributed by atoms with Crippen molar-refractivity contribution in [2.24, 2.45) is 11.8 Å². The Morgan fingerprint density at radius 2 is 1.83 bits per heavy atom. The summed E-state index contributed by atoms with van der Waals surface area (Å²) in [5.74, 6) is 2.40. The lowest BCUT2D eigenvalue weighted by molar-refractivity contribution is 0.227. The fraction of sp³-hybridized carbons (Fsp3) is 0.625. The molecule has 98 valence electrons. The van der Waals surface area contributed by atoms with Crippen LogP contribution in [0.4, 0.5) is 0 Å². The molecule has 1 saturated heterocycles. The maximum absolute atomic E-state index is 6.40. The van der Waals surface area contributed by atoms with Crippen molar-refractivity contribution in [2.45, 2.75) is 38.0 Å². The number of halogens is 1. The van der Waals surface area contributed by atoms with Crippen molar-refractivity contribution >= 4 is 11.6 Å². The molecule has 1 aliphatic heterocycles. The Labute approximate surface area is 115 Å². The zero-order chi connectivity index (χ0) is 12.4. The summed E-state index contributed by atoms with van der Waals surface area (Å²) in [5, 5.41) is 4.51. The molecule has 1 N–H and O–H groups in total. The largest absolute Gasteiger partial charge is 0.316 e. The third-order valence-electron chi connectivity index (χ3n) is 4.85. The van der Waals surface area contributed by atoms with Gasteiger partial charge in [0.1, 0.15) is 0 Å². The third-order valence-corrected chi connectivity index (χ3v) is 5.19. The molecule has 2 atom stereocenters. The Kier molecular flexibility index (Phi) is 3.91. The average Bonchev–Trinajstić information content (AvgIpc) is 2.93. The molecule has 0 amide bonds. The van der Waals surface area contributed by atoms with Crippen molar-refractivity contribution in [2.75, 3.05) is 13.1 Å². The third kappa shape index (κ3) is 2.44. The van der Waals surface area contributed by atoms with Crippen LogP contribution in [0.25, 0.3) is 0 Å². The van der Waals surface area contributed by atoms with Crippen LogP contribution < -0.4 is 5.32 Å². The highest BCUT2D eigenvalue weighted by Gasteiger charge is 2.34. The fourth-order valence-electron chi connectivity index (χ4n) is 3.95. The molecule has 0 bridgehead atoms. The highest BCUT2D eigenvalue weighted by molar-refractivity contribution is 6.31. The van der Waals surface area contributed by atoms with Gasteiger partial charge in [-0.3, -0.25) is 0 Å². The second-order valence-electron chi connectivity index (χ2n) is 5.83. The Balaban J connectivity index is 1.85. The topological polar surface area (TPSA) is 12.0 Å². The smallest absolute Gasteiger partial charge is 0.0441 e. The summed E-state index contributed by atoms with van der Waals surface area (Å²) in [7, 11) is 0. The SMILES string of the molecule is Clc1ccccc1C1CNCCC1C1CCCC1. The number of benzene rings is 1. The second kappa shape index (κ2) is 5.63. The van der Waals surface area contributed by atoms with E-state index >= 15 is 0 Å². The summed E-state index contributed by atoms with van der Waals surface area (Å²) in [5.41, 5.74) is 1.36. The van der Waals surface area contributed by atoms with E-state index in [0.29, 0.717) is 5.92 Å². The van der Waals surface area contributed by atoms with Crippen LogP contribution in [-0.4, -0.2) is 13.1 Å². The van der Waals surface area contributed by atoms with E-state index in [1.807, 2.05) is 12.1 Å². The van der Waals surface area contributed by atoms with Gasteiger partial charge in [-0.1, -0.05) is 55.5 Å². The van der Waals surface area contributed by atoms with Gasteiger partial charge in [-0.15, -0.1) is 0 Å². The van der Waals surface area contributed by atoms with Crippen molar-refractivity contribution in [3.63, 3.8) is 0 Å². The molecule has 1 saturated carbocycles. The van der Waals surface area contributed by atoms with Gasteiger partial charge in [-0.05, 0) is 36.4 Å². The summed E-state index contributed by atoms with van der Waals surface area (Å²) in [6.45, 7) is 2.28. The fourth-order valence-corrected chi connectivity index (χ4v) is 4.22. The average molecular weight is 264 g/mol. The summed E-state index contributed by atoms with van der Waals surface area (Å²) >= 11 is 6.40. The first-order valence-electron chi connectivity index (χ1n) is 7.31. The van der Waals surface area contributed by atoms with Gasteiger partial charge in [0, 0.05) is 17.5 Å². The van der Waals surface area contributed by atoms with Gasteiger partial charge in [0.05, 0.1) is 0 Å². The molecule has 1 aliphatic carbocycles. The van der Waals surface area contributed by atoms with E-state index in [1.54, 1.807) is 0 Å². The zero-order valence-electron chi connectivity index (χ0n) is 10.9. The minimum absolute atomic E-state index is 0.621. The molecule has 2 fully saturated rings. The van der Waals surface area contributed by atoms with E-state index in [4.69, 9.17) is 11.6 Å². The summed E-state index contributed by atoms with van der Waals surface area (Å²) in [4.78, 5) is 0. The van der Waals surface area contributed by atoms with Gasteiger partial charge in [0.25, 0.3) is 0 Å². The van der Waals surface area contributed by atoms with Crippen LogP contribution in [0.2, 0.25) is 5.02 Å². The quantitative estimate of drug-likeness (QED) is 0.842. The first-order valence-corrected chi connectivity index (χ1v) is 7.69. The molecular formula is C16H22ClN. The van der Waals surface area contributed by atoms with E-state index in [9.17, 15) is 0 Å². The van der Waals surface area contributed by atoms with Gasteiger partial charge in [0.2, 0.25) is 0 Å². The molecule has 3 rings (SSSR count). The summed E-state index contributed by atoms with van der Waals surface area (Å²) in [6.07, 6.45) is 7.06.